The topological polar surface area (TPSA) is 88.1 Å². The van der Waals surface area contributed by atoms with Crippen LogP contribution in [0.2, 0.25) is 0 Å². The number of nitrogens with one attached hydrogen (secondary N) is 1. The van der Waals surface area contributed by atoms with E-state index in [2.05, 4.69) is 30.3 Å². The molecule has 33 heavy (non-hydrogen) atoms. The van der Waals surface area contributed by atoms with E-state index < -0.39 is 5.41 Å². The summed E-state index contributed by atoms with van der Waals surface area (Å²) < 4.78 is 27.6. The number of pyridine rings is 1. The summed E-state index contributed by atoms with van der Waals surface area (Å²) in [5.41, 5.74) is 2.02. The molecule has 8 nitrogen and oxygen atoms in total. The van der Waals surface area contributed by atoms with Crippen molar-refractivity contribution in [3.05, 3.63) is 47.5 Å². The average molecular weight is 449 g/mol. The van der Waals surface area contributed by atoms with Gasteiger partial charge in [0.15, 0.2) is 11.6 Å². The van der Waals surface area contributed by atoms with Crippen molar-refractivity contribution < 1.29 is 13.7 Å². The van der Waals surface area contributed by atoms with Crippen LogP contribution in [0.5, 0.6) is 0 Å². The first kappa shape index (κ1) is 20.3. The van der Waals surface area contributed by atoms with Gasteiger partial charge in [-0.15, -0.1) is 0 Å². The fraction of sp³-hybridized carbons (Fsp3) is 0.417. The van der Waals surface area contributed by atoms with Crippen LogP contribution in [0.4, 0.5) is 15.9 Å². The molecule has 2 aromatic heterocycles. The maximum atomic E-state index is 16.0. The number of benzene rings is 1. The highest BCUT2D eigenvalue weighted by atomic mass is 19.1. The second-order valence-corrected chi connectivity index (χ2v) is 9.08. The van der Waals surface area contributed by atoms with Crippen molar-refractivity contribution >= 4 is 34.9 Å². The predicted octanol–water partition coefficient (Wildman–Crippen LogP) is 3.61. The summed E-state index contributed by atoms with van der Waals surface area (Å²) in [5.74, 6) is 0.120. The number of nitrogens with zero attached hydrogens (tertiary/aromatic N) is 5. The number of ether oxygens (including phenoxy) is 1. The predicted molar refractivity (Wildman–Crippen MR) is 125 cm³/mol. The fourth-order valence-electron chi connectivity index (χ4n) is 5.60. The van der Waals surface area contributed by atoms with E-state index in [1.54, 1.807) is 6.20 Å². The van der Waals surface area contributed by atoms with Gasteiger partial charge in [-0.2, -0.15) is 0 Å². The highest BCUT2D eigenvalue weighted by Crippen LogP contribution is 2.47. The lowest BCUT2D eigenvalue weighted by molar-refractivity contribution is -0.0432. The number of fused-ring (bicyclic) bond motifs is 5. The molecule has 0 radical (unpaired) electrons. The van der Waals surface area contributed by atoms with Gasteiger partial charge in [-0.3, -0.25) is 15.0 Å². The van der Waals surface area contributed by atoms with Gasteiger partial charge in [0.2, 0.25) is 5.58 Å². The first-order valence-electron chi connectivity index (χ1n) is 11.2. The minimum absolute atomic E-state index is 0.0304. The van der Waals surface area contributed by atoms with E-state index in [9.17, 15) is 0 Å². The molecule has 1 spiro atoms. The summed E-state index contributed by atoms with van der Waals surface area (Å²) in [4.78, 5) is 15.4. The number of hydrogen-bond donors (Lipinski definition) is 1. The third-order valence-electron chi connectivity index (χ3n) is 6.76. The molecule has 1 saturated heterocycles. The summed E-state index contributed by atoms with van der Waals surface area (Å²) in [7, 11) is 0. The van der Waals surface area contributed by atoms with E-state index in [4.69, 9.17) is 9.26 Å². The van der Waals surface area contributed by atoms with Crippen LogP contribution in [0.25, 0.3) is 11.0 Å². The van der Waals surface area contributed by atoms with E-state index in [0.717, 1.165) is 11.3 Å². The van der Waals surface area contributed by atoms with Gasteiger partial charge in [0.25, 0.3) is 0 Å². The number of morpholine rings is 1. The molecule has 170 valence electrons. The van der Waals surface area contributed by atoms with Crippen LogP contribution in [0.1, 0.15) is 25.1 Å². The summed E-state index contributed by atoms with van der Waals surface area (Å²) in [5, 5.41) is 7.99. The monoisotopic (exact) mass is 448 g/mol. The molecule has 0 aliphatic carbocycles. The quantitative estimate of drug-likeness (QED) is 0.659. The largest absolute Gasteiger partial charge is 0.372 e. The molecule has 1 N–H and O–H groups in total. The van der Waals surface area contributed by atoms with Crippen LogP contribution < -0.4 is 10.2 Å². The molecule has 0 saturated carbocycles. The van der Waals surface area contributed by atoms with Crippen LogP contribution >= 0.6 is 0 Å². The molecule has 0 amide bonds. The smallest absolute Gasteiger partial charge is 0.206 e. The lowest BCUT2D eigenvalue weighted by atomic mass is 9.69. The summed E-state index contributed by atoms with van der Waals surface area (Å²) >= 11 is 0. The molecule has 3 aliphatic rings. The van der Waals surface area contributed by atoms with Crippen LogP contribution in [0.3, 0.4) is 0 Å². The standard InChI is InChI=1S/C24H25FN6O2/c1-14-10-31-20-16(8-24(11-26-13-27-12-24)22(31)15(2)32-14)7-18-21(19(20)25)33-30-23(18)29-9-17-5-3-4-6-28-17/h3-7,11-12,14-15,22H,8-10,13H2,1-2H3,(H,29,30)/t14-,15+,22-/m0/s1. The van der Waals surface area contributed by atoms with Crippen molar-refractivity contribution in [3.63, 3.8) is 0 Å². The Morgan fingerprint density at radius 3 is 2.88 bits per heavy atom. The summed E-state index contributed by atoms with van der Waals surface area (Å²) in [6.45, 7) is 5.52. The molecule has 3 atom stereocenters. The van der Waals surface area contributed by atoms with E-state index in [1.807, 2.05) is 50.5 Å². The Hall–Kier alpha value is -3.33. The maximum Gasteiger partial charge on any atom is 0.206 e. The van der Waals surface area contributed by atoms with Gasteiger partial charge in [0.05, 0.1) is 47.0 Å². The minimum Gasteiger partial charge on any atom is -0.372 e. The van der Waals surface area contributed by atoms with Crippen molar-refractivity contribution in [2.75, 3.05) is 23.4 Å². The molecular formula is C24H25FN6O2. The van der Waals surface area contributed by atoms with Gasteiger partial charge < -0.3 is 19.5 Å². The second-order valence-electron chi connectivity index (χ2n) is 9.08. The molecule has 9 heteroatoms. The van der Waals surface area contributed by atoms with Crippen LogP contribution in [-0.4, -0.2) is 54.0 Å². The first-order valence-corrected chi connectivity index (χ1v) is 11.2. The Labute approximate surface area is 190 Å². The Balaban J connectivity index is 1.45. The average Bonchev–Trinajstić information content (AvgIpc) is 3.21. The molecule has 3 aliphatic heterocycles. The Kier molecular flexibility index (Phi) is 4.69. The van der Waals surface area contributed by atoms with E-state index >= 15 is 4.39 Å². The number of aromatic nitrogens is 2. The van der Waals surface area contributed by atoms with Gasteiger partial charge >= 0.3 is 0 Å². The lowest BCUT2D eigenvalue weighted by Crippen LogP contribution is -2.65. The molecule has 6 rings (SSSR count). The van der Waals surface area contributed by atoms with Crippen molar-refractivity contribution in [2.45, 2.75) is 45.1 Å². The van der Waals surface area contributed by atoms with Crippen LogP contribution in [-0.2, 0) is 17.7 Å². The summed E-state index contributed by atoms with van der Waals surface area (Å²) in [6.07, 6.45) is 6.13. The Morgan fingerprint density at radius 2 is 2.09 bits per heavy atom. The Morgan fingerprint density at radius 1 is 1.24 bits per heavy atom. The number of anilines is 2. The lowest BCUT2D eigenvalue weighted by Gasteiger charge is -2.54. The van der Waals surface area contributed by atoms with Gasteiger partial charge in [-0.1, -0.05) is 11.2 Å². The molecular weight excluding hydrogens is 423 g/mol. The normalized spacial score (nSPS) is 25.3. The first-order chi connectivity index (χ1) is 16.1. The van der Waals surface area contributed by atoms with Gasteiger partial charge in [0, 0.05) is 25.2 Å². The van der Waals surface area contributed by atoms with Crippen LogP contribution in [0, 0.1) is 11.2 Å². The third-order valence-corrected chi connectivity index (χ3v) is 6.76. The molecule has 3 aromatic rings. The van der Waals surface area contributed by atoms with Crippen molar-refractivity contribution in [3.8, 4) is 0 Å². The highest BCUT2D eigenvalue weighted by molar-refractivity contribution is 5.97. The van der Waals surface area contributed by atoms with Crippen molar-refractivity contribution in [1.29, 1.82) is 0 Å². The zero-order valence-corrected chi connectivity index (χ0v) is 18.5. The van der Waals surface area contributed by atoms with Crippen molar-refractivity contribution in [1.82, 2.24) is 10.1 Å². The molecule has 1 fully saturated rings. The third kappa shape index (κ3) is 3.21. The molecule has 5 heterocycles. The SMILES string of the molecule is C[C@H]1CN2c3c(cc4c(NCc5ccccn5)noc4c3F)CC3(C=NCN=C3)[C@@H]2[C@@H](C)O1. The van der Waals surface area contributed by atoms with Crippen LogP contribution in [0.15, 0.2) is 45.0 Å². The van der Waals surface area contributed by atoms with E-state index in [0.29, 0.717) is 43.1 Å². The second kappa shape index (κ2) is 7.62. The molecule has 1 aromatic carbocycles. The number of aliphatic imine (C=N–C) groups is 2. The summed E-state index contributed by atoms with van der Waals surface area (Å²) in [6, 6.07) is 7.60. The van der Waals surface area contributed by atoms with Gasteiger partial charge in [0.1, 0.15) is 6.67 Å². The zero-order valence-electron chi connectivity index (χ0n) is 18.5. The minimum atomic E-state index is -0.455. The highest BCUT2D eigenvalue weighted by Gasteiger charge is 2.52. The van der Waals surface area contributed by atoms with E-state index in [1.165, 1.54) is 0 Å². The van der Waals surface area contributed by atoms with Gasteiger partial charge in [-0.05, 0) is 44.0 Å². The number of halogens is 1. The zero-order chi connectivity index (χ0) is 22.6. The van der Waals surface area contributed by atoms with Gasteiger partial charge in [-0.25, -0.2) is 4.39 Å². The van der Waals surface area contributed by atoms with E-state index in [-0.39, 0.29) is 29.7 Å². The molecule has 0 unspecified atom stereocenters. The maximum absolute atomic E-state index is 16.0. The fourth-order valence-corrected chi connectivity index (χ4v) is 5.60. The molecule has 0 bridgehead atoms. The number of hydrogen-bond acceptors (Lipinski definition) is 8. The Bertz CT molecular complexity index is 1240. The number of rotatable bonds is 3. The van der Waals surface area contributed by atoms with Crippen molar-refractivity contribution in [2.24, 2.45) is 15.4 Å².